The van der Waals surface area contributed by atoms with E-state index in [0.29, 0.717) is 18.9 Å². The van der Waals surface area contributed by atoms with Crippen LogP contribution in [0.3, 0.4) is 0 Å². The summed E-state index contributed by atoms with van der Waals surface area (Å²) in [6.45, 7) is 4.74. The van der Waals surface area contributed by atoms with Crippen LogP contribution in [0.4, 0.5) is 4.39 Å². The molecule has 0 atom stereocenters. The van der Waals surface area contributed by atoms with E-state index in [0.717, 1.165) is 32.4 Å². The van der Waals surface area contributed by atoms with E-state index in [4.69, 9.17) is 4.74 Å². The van der Waals surface area contributed by atoms with Crippen LogP contribution >= 0.6 is 0 Å². The number of rotatable bonds is 6. The van der Waals surface area contributed by atoms with Gasteiger partial charge in [0.1, 0.15) is 11.6 Å². The Hall–Kier alpha value is -1.42. The number of benzene rings is 1. The first kappa shape index (κ1) is 14.0. The van der Waals surface area contributed by atoms with E-state index in [1.807, 2.05) is 6.92 Å². The predicted molar refractivity (Wildman–Crippen MR) is 72.2 cm³/mol. The van der Waals surface area contributed by atoms with Crippen molar-refractivity contribution < 1.29 is 13.9 Å². The average molecular weight is 265 g/mol. The molecule has 2 rings (SSSR count). The summed E-state index contributed by atoms with van der Waals surface area (Å²) in [4.78, 5) is 14.2. The van der Waals surface area contributed by atoms with Crippen LogP contribution < -0.4 is 4.74 Å². The molecule has 0 spiro atoms. The Morgan fingerprint density at radius 2 is 2.11 bits per heavy atom. The Kier molecular flexibility index (Phi) is 4.91. The standard InChI is InChI=1S/C15H20FNO2/c1-2-9-19-12-5-6-14(16)13(10-12)15(18)11-17-7-3-4-8-17/h5-6,10H,2-4,7-9,11H2,1H3. The highest BCUT2D eigenvalue weighted by Crippen LogP contribution is 2.19. The van der Waals surface area contributed by atoms with E-state index in [-0.39, 0.29) is 11.3 Å². The van der Waals surface area contributed by atoms with E-state index < -0.39 is 5.82 Å². The molecule has 0 amide bonds. The third-order valence-corrected chi connectivity index (χ3v) is 3.28. The lowest BCUT2D eigenvalue weighted by molar-refractivity contribution is 0.0941. The molecular weight excluding hydrogens is 245 g/mol. The summed E-state index contributed by atoms with van der Waals surface area (Å²) in [7, 11) is 0. The van der Waals surface area contributed by atoms with Crippen molar-refractivity contribution in [2.24, 2.45) is 0 Å². The van der Waals surface area contributed by atoms with Gasteiger partial charge in [-0.05, 0) is 50.6 Å². The molecule has 0 unspecified atom stereocenters. The number of carbonyl (C=O) groups excluding carboxylic acids is 1. The maximum atomic E-state index is 13.7. The number of Topliss-reactive ketones (excluding diaryl/α,β-unsaturated/α-hetero) is 1. The molecule has 1 aromatic rings. The van der Waals surface area contributed by atoms with E-state index in [1.165, 1.54) is 12.1 Å². The SMILES string of the molecule is CCCOc1ccc(F)c(C(=O)CN2CCCC2)c1. The van der Waals surface area contributed by atoms with Gasteiger partial charge in [-0.3, -0.25) is 9.69 Å². The number of likely N-dealkylation sites (tertiary alicyclic amines) is 1. The second-order valence-electron chi connectivity index (χ2n) is 4.90. The second kappa shape index (κ2) is 6.66. The molecule has 1 heterocycles. The van der Waals surface area contributed by atoms with Gasteiger partial charge in [0.25, 0.3) is 0 Å². The maximum absolute atomic E-state index is 13.7. The Morgan fingerprint density at radius 1 is 1.37 bits per heavy atom. The first-order chi connectivity index (χ1) is 9.20. The number of hydrogen-bond donors (Lipinski definition) is 0. The second-order valence-corrected chi connectivity index (χ2v) is 4.90. The Morgan fingerprint density at radius 3 is 2.79 bits per heavy atom. The number of hydrogen-bond acceptors (Lipinski definition) is 3. The minimum atomic E-state index is -0.465. The van der Waals surface area contributed by atoms with E-state index >= 15 is 0 Å². The summed E-state index contributed by atoms with van der Waals surface area (Å²) in [5.74, 6) is -0.0672. The molecule has 4 heteroatoms. The van der Waals surface area contributed by atoms with Gasteiger partial charge < -0.3 is 4.74 Å². The van der Waals surface area contributed by atoms with Crippen molar-refractivity contribution in [1.82, 2.24) is 4.90 Å². The molecule has 19 heavy (non-hydrogen) atoms. The van der Waals surface area contributed by atoms with Gasteiger partial charge >= 0.3 is 0 Å². The third kappa shape index (κ3) is 3.77. The van der Waals surface area contributed by atoms with Crippen molar-refractivity contribution in [2.75, 3.05) is 26.2 Å². The maximum Gasteiger partial charge on any atom is 0.179 e. The molecule has 1 aliphatic heterocycles. The fourth-order valence-corrected chi connectivity index (χ4v) is 2.26. The molecule has 1 aliphatic rings. The van der Waals surface area contributed by atoms with E-state index in [2.05, 4.69) is 4.90 Å². The first-order valence-electron chi connectivity index (χ1n) is 6.88. The summed E-state index contributed by atoms with van der Waals surface area (Å²) < 4.78 is 19.2. The Balaban J connectivity index is 2.06. The smallest absolute Gasteiger partial charge is 0.179 e. The van der Waals surface area contributed by atoms with Crippen LogP contribution in [0.25, 0.3) is 0 Å². The van der Waals surface area contributed by atoms with Crippen LogP contribution in [0.15, 0.2) is 18.2 Å². The molecule has 3 nitrogen and oxygen atoms in total. The molecule has 1 fully saturated rings. The molecule has 104 valence electrons. The molecule has 1 saturated heterocycles. The highest BCUT2D eigenvalue weighted by molar-refractivity contribution is 5.98. The van der Waals surface area contributed by atoms with Gasteiger partial charge in [0.2, 0.25) is 0 Å². The van der Waals surface area contributed by atoms with Crippen molar-refractivity contribution in [3.05, 3.63) is 29.6 Å². The lowest BCUT2D eigenvalue weighted by Gasteiger charge is -2.14. The molecule has 0 saturated carbocycles. The molecule has 0 aromatic heterocycles. The number of ether oxygens (including phenoxy) is 1. The topological polar surface area (TPSA) is 29.5 Å². The highest BCUT2D eigenvalue weighted by Gasteiger charge is 2.19. The molecule has 0 radical (unpaired) electrons. The lowest BCUT2D eigenvalue weighted by Crippen LogP contribution is -2.27. The van der Waals surface area contributed by atoms with Crippen molar-refractivity contribution >= 4 is 5.78 Å². The molecule has 0 N–H and O–H groups in total. The van der Waals surface area contributed by atoms with Gasteiger partial charge in [-0.2, -0.15) is 0 Å². The summed E-state index contributed by atoms with van der Waals surface area (Å²) >= 11 is 0. The highest BCUT2D eigenvalue weighted by atomic mass is 19.1. The zero-order valence-corrected chi connectivity index (χ0v) is 11.3. The largest absolute Gasteiger partial charge is 0.494 e. The van der Waals surface area contributed by atoms with Crippen molar-refractivity contribution in [3.8, 4) is 5.75 Å². The molecule has 0 bridgehead atoms. The van der Waals surface area contributed by atoms with Crippen LogP contribution in [-0.4, -0.2) is 36.9 Å². The van der Waals surface area contributed by atoms with Gasteiger partial charge in [0.15, 0.2) is 5.78 Å². The number of nitrogens with zero attached hydrogens (tertiary/aromatic N) is 1. The van der Waals surface area contributed by atoms with Crippen LogP contribution in [0, 0.1) is 5.82 Å². The lowest BCUT2D eigenvalue weighted by atomic mass is 10.1. The zero-order chi connectivity index (χ0) is 13.7. The van der Waals surface area contributed by atoms with Crippen molar-refractivity contribution in [3.63, 3.8) is 0 Å². The minimum Gasteiger partial charge on any atom is -0.494 e. The first-order valence-corrected chi connectivity index (χ1v) is 6.88. The summed E-state index contributed by atoms with van der Waals surface area (Å²) in [6.07, 6.45) is 3.12. The van der Waals surface area contributed by atoms with E-state index in [9.17, 15) is 9.18 Å². The van der Waals surface area contributed by atoms with Crippen LogP contribution in [0.5, 0.6) is 5.75 Å². The average Bonchev–Trinajstić information content (AvgIpc) is 2.90. The van der Waals surface area contributed by atoms with Crippen LogP contribution in [0.2, 0.25) is 0 Å². The Bertz CT molecular complexity index is 442. The number of halogens is 1. The monoisotopic (exact) mass is 265 g/mol. The van der Waals surface area contributed by atoms with Gasteiger partial charge in [-0.25, -0.2) is 4.39 Å². The van der Waals surface area contributed by atoms with Crippen molar-refractivity contribution in [1.29, 1.82) is 0 Å². The van der Waals surface area contributed by atoms with Crippen LogP contribution in [-0.2, 0) is 0 Å². The van der Waals surface area contributed by atoms with Crippen LogP contribution in [0.1, 0.15) is 36.5 Å². The normalized spacial score (nSPS) is 15.7. The van der Waals surface area contributed by atoms with Gasteiger partial charge in [0.05, 0.1) is 18.7 Å². The molecular formula is C15H20FNO2. The molecule has 0 aliphatic carbocycles. The Labute approximate surface area is 113 Å². The quantitative estimate of drug-likeness (QED) is 0.741. The summed E-state index contributed by atoms with van der Waals surface area (Å²) in [5.41, 5.74) is 0.139. The molecule has 1 aromatic carbocycles. The predicted octanol–water partition coefficient (Wildman–Crippen LogP) is 2.89. The zero-order valence-electron chi connectivity index (χ0n) is 11.3. The van der Waals surface area contributed by atoms with E-state index in [1.54, 1.807) is 6.07 Å². The van der Waals surface area contributed by atoms with Gasteiger partial charge in [-0.1, -0.05) is 6.92 Å². The van der Waals surface area contributed by atoms with Crippen molar-refractivity contribution in [2.45, 2.75) is 26.2 Å². The third-order valence-electron chi connectivity index (χ3n) is 3.28. The fourth-order valence-electron chi connectivity index (χ4n) is 2.26. The minimum absolute atomic E-state index is 0.139. The fraction of sp³-hybridized carbons (Fsp3) is 0.533. The van der Waals surface area contributed by atoms with Gasteiger partial charge in [0, 0.05) is 0 Å². The number of ketones is 1. The number of carbonyl (C=O) groups is 1. The van der Waals surface area contributed by atoms with Gasteiger partial charge in [-0.15, -0.1) is 0 Å². The summed E-state index contributed by atoms with van der Waals surface area (Å²) in [6, 6.07) is 4.39. The summed E-state index contributed by atoms with van der Waals surface area (Å²) in [5, 5.41) is 0.